The van der Waals surface area contributed by atoms with E-state index in [1.807, 2.05) is 26.0 Å². The van der Waals surface area contributed by atoms with Crippen LogP contribution in [0.15, 0.2) is 12.1 Å². The van der Waals surface area contributed by atoms with E-state index in [1.54, 1.807) is 7.11 Å². The van der Waals surface area contributed by atoms with Crippen molar-refractivity contribution in [1.82, 2.24) is 0 Å². The molecule has 0 spiro atoms. The van der Waals surface area contributed by atoms with Crippen LogP contribution in [0.2, 0.25) is 0 Å². The molecule has 0 fully saturated rings. The Labute approximate surface area is 89.3 Å². The SMILES string of the molecule is COc1c(N)cc(C)cc1NC(C)=S. The fraction of sp³-hybridized carbons (Fsp3) is 0.300. The predicted octanol–water partition coefficient (Wildman–Crippen LogP) is 2.35. The normalized spacial score (nSPS) is 9.64. The van der Waals surface area contributed by atoms with Gasteiger partial charge in [0, 0.05) is 0 Å². The first kappa shape index (κ1) is 10.8. The maximum absolute atomic E-state index is 5.80. The van der Waals surface area contributed by atoms with E-state index in [2.05, 4.69) is 5.32 Å². The summed E-state index contributed by atoms with van der Waals surface area (Å²) in [6.07, 6.45) is 0. The Morgan fingerprint density at radius 1 is 1.50 bits per heavy atom. The number of thiocarbonyl (C=S) groups is 1. The van der Waals surface area contributed by atoms with Crippen LogP contribution in [0, 0.1) is 6.92 Å². The summed E-state index contributed by atoms with van der Waals surface area (Å²) < 4.78 is 5.18. The first-order valence-electron chi connectivity index (χ1n) is 4.26. The zero-order valence-electron chi connectivity index (χ0n) is 8.55. The number of rotatable bonds is 2. The Bertz CT molecular complexity index is 363. The van der Waals surface area contributed by atoms with Crippen LogP contribution < -0.4 is 15.8 Å². The van der Waals surface area contributed by atoms with Crippen molar-refractivity contribution in [3.63, 3.8) is 0 Å². The summed E-state index contributed by atoms with van der Waals surface area (Å²) in [4.78, 5) is 0.688. The number of methoxy groups -OCH3 is 1. The lowest BCUT2D eigenvalue weighted by atomic mass is 10.1. The number of hydrogen-bond acceptors (Lipinski definition) is 3. The van der Waals surface area contributed by atoms with Gasteiger partial charge in [0.1, 0.15) is 0 Å². The molecule has 3 nitrogen and oxygen atoms in total. The van der Waals surface area contributed by atoms with E-state index in [0.29, 0.717) is 16.4 Å². The van der Waals surface area contributed by atoms with Crippen LogP contribution in [0.4, 0.5) is 11.4 Å². The standard InChI is InChI=1S/C10H14N2OS/c1-6-4-8(11)10(13-3)9(5-6)12-7(2)14/h4-5H,11H2,1-3H3,(H,12,14). The minimum Gasteiger partial charge on any atom is -0.492 e. The van der Waals surface area contributed by atoms with E-state index >= 15 is 0 Å². The highest BCUT2D eigenvalue weighted by Crippen LogP contribution is 2.32. The van der Waals surface area contributed by atoms with E-state index in [4.69, 9.17) is 22.7 Å². The average molecular weight is 210 g/mol. The fourth-order valence-corrected chi connectivity index (χ4v) is 1.42. The number of ether oxygens (including phenoxy) is 1. The summed E-state index contributed by atoms with van der Waals surface area (Å²) >= 11 is 4.96. The molecule has 0 unspecified atom stereocenters. The second-order valence-electron chi connectivity index (χ2n) is 3.12. The minimum atomic E-state index is 0.617. The Hall–Kier alpha value is -1.29. The van der Waals surface area contributed by atoms with Gasteiger partial charge in [0.05, 0.1) is 23.5 Å². The molecule has 0 aliphatic rings. The molecule has 0 aromatic heterocycles. The lowest BCUT2D eigenvalue weighted by molar-refractivity contribution is 0.419. The van der Waals surface area contributed by atoms with E-state index in [0.717, 1.165) is 11.3 Å². The number of anilines is 2. The van der Waals surface area contributed by atoms with Gasteiger partial charge in [0.25, 0.3) is 0 Å². The van der Waals surface area contributed by atoms with Gasteiger partial charge in [0.15, 0.2) is 5.75 Å². The van der Waals surface area contributed by atoms with Gasteiger partial charge in [-0.15, -0.1) is 0 Å². The summed E-state index contributed by atoms with van der Waals surface area (Å²) in [7, 11) is 1.59. The molecule has 0 saturated heterocycles. The van der Waals surface area contributed by atoms with Gasteiger partial charge in [0.2, 0.25) is 0 Å². The van der Waals surface area contributed by atoms with Crippen molar-refractivity contribution in [2.24, 2.45) is 0 Å². The second kappa shape index (κ2) is 4.28. The summed E-state index contributed by atoms with van der Waals surface area (Å²) in [5.41, 5.74) is 8.31. The van der Waals surface area contributed by atoms with E-state index < -0.39 is 0 Å². The Morgan fingerprint density at radius 2 is 2.14 bits per heavy atom. The maximum Gasteiger partial charge on any atom is 0.165 e. The lowest BCUT2D eigenvalue weighted by Crippen LogP contribution is -2.06. The molecular weight excluding hydrogens is 196 g/mol. The Morgan fingerprint density at radius 3 is 2.64 bits per heavy atom. The van der Waals surface area contributed by atoms with Gasteiger partial charge in [-0.25, -0.2) is 0 Å². The second-order valence-corrected chi connectivity index (χ2v) is 3.73. The molecular formula is C10H14N2OS. The van der Waals surface area contributed by atoms with Crippen molar-refractivity contribution >= 4 is 28.6 Å². The number of nitrogens with one attached hydrogen (secondary N) is 1. The number of benzene rings is 1. The third-order valence-corrected chi connectivity index (χ3v) is 1.88. The van der Waals surface area contributed by atoms with Crippen molar-refractivity contribution in [2.75, 3.05) is 18.2 Å². The van der Waals surface area contributed by atoms with Crippen LogP contribution in [0.25, 0.3) is 0 Å². The highest BCUT2D eigenvalue weighted by atomic mass is 32.1. The third kappa shape index (κ3) is 2.35. The van der Waals surface area contributed by atoms with Crippen LogP contribution in [-0.4, -0.2) is 12.1 Å². The molecule has 0 heterocycles. The van der Waals surface area contributed by atoms with Gasteiger partial charge in [-0.1, -0.05) is 12.2 Å². The van der Waals surface area contributed by atoms with Crippen molar-refractivity contribution in [2.45, 2.75) is 13.8 Å². The first-order chi connectivity index (χ1) is 6.54. The van der Waals surface area contributed by atoms with E-state index in [-0.39, 0.29) is 0 Å². The predicted molar refractivity (Wildman–Crippen MR) is 64.0 cm³/mol. The summed E-state index contributed by atoms with van der Waals surface area (Å²) in [6.45, 7) is 3.78. The van der Waals surface area contributed by atoms with E-state index in [1.165, 1.54) is 0 Å². The van der Waals surface area contributed by atoms with Gasteiger partial charge in [-0.3, -0.25) is 0 Å². The van der Waals surface area contributed by atoms with E-state index in [9.17, 15) is 0 Å². The van der Waals surface area contributed by atoms with Crippen molar-refractivity contribution in [1.29, 1.82) is 0 Å². The molecule has 0 atom stereocenters. The number of nitrogens with two attached hydrogens (primary N) is 1. The first-order valence-corrected chi connectivity index (χ1v) is 4.67. The fourth-order valence-electron chi connectivity index (χ4n) is 1.31. The van der Waals surface area contributed by atoms with Crippen LogP contribution >= 0.6 is 12.2 Å². The molecule has 0 aliphatic heterocycles. The van der Waals surface area contributed by atoms with Crippen LogP contribution in [0.3, 0.4) is 0 Å². The quantitative estimate of drug-likeness (QED) is 0.581. The molecule has 1 aromatic rings. The largest absolute Gasteiger partial charge is 0.492 e. The van der Waals surface area contributed by atoms with Crippen LogP contribution in [0.5, 0.6) is 5.75 Å². The number of nitrogen functional groups attached to an aromatic ring is 1. The summed E-state index contributed by atoms with van der Waals surface area (Å²) in [5.74, 6) is 0.639. The van der Waals surface area contributed by atoms with Gasteiger partial charge >= 0.3 is 0 Å². The molecule has 4 heteroatoms. The molecule has 1 rings (SSSR count). The van der Waals surface area contributed by atoms with Crippen LogP contribution in [0.1, 0.15) is 12.5 Å². The molecule has 0 saturated carbocycles. The summed E-state index contributed by atoms with van der Waals surface area (Å²) in [6, 6.07) is 3.81. The third-order valence-electron chi connectivity index (χ3n) is 1.78. The number of hydrogen-bond donors (Lipinski definition) is 2. The van der Waals surface area contributed by atoms with Crippen molar-refractivity contribution in [3.8, 4) is 5.75 Å². The lowest BCUT2D eigenvalue weighted by Gasteiger charge is -2.13. The van der Waals surface area contributed by atoms with Gasteiger partial charge in [-0.2, -0.15) is 0 Å². The highest BCUT2D eigenvalue weighted by Gasteiger charge is 2.07. The molecule has 14 heavy (non-hydrogen) atoms. The monoisotopic (exact) mass is 210 g/mol. The zero-order valence-corrected chi connectivity index (χ0v) is 9.37. The van der Waals surface area contributed by atoms with Crippen molar-refractivity contribution in [3.05, 3.63) is 17.7 Å². The number of aryl methyl sites for hydroxylation is 1. The molecule has 0 amide bonds. The molecule has 1 aromatic carbocycles. The topological polar surface area (TPSA) is 47.3 Å². The highest BCUT2D eigenvalue weighted by molar-refractivity contribution is 7.80. The molecule has 3 N–H and O–H groups in total. The average Bonchev–Trinajstić information content (AvgIpc) is 2.01. The van der Waals surface area contributed by atoms with Gasteiger partial charge < -0.3 is 15.8 Å². The van der Waals surface area contributed by atoms with Crippen molar-refractivity contribution < 1.29 is 4.74 Å². The molecule has 0 aliphatic carbocycles. The Balaban J connectivity index is 3.17. The summed E-state index contributed by atoms with van der Waals surface area (Å²) in [5, 5.41) is 3.03. The molecule has 0 bridgehead atoms. The minimum absolute atomic E-state index is 0.617. The van der Waals surface area contributed by atoms with Gasteiger partial charge in [-0.05, 0) is 31.5 Å². The van der Waals surface area contributed by atoms with Crippen LogP contribution in [-0.2, 0) is 0 Å². The molecule has 0 radical (unpaired) electrons. The Kier molecular flexibility index (Phi) is 3.30. The molecule has 76 valence electrons. The maximum atomic E-state index is 5.80. The zero-order chi connectivity index (χ0) is 10.7. The smallest absolute Gasteiger partial charge is 0.165 e.